The minimum Gasteiger partial charge on any atom is -0.344 e. The summed E-state index contributed by atoms with van der Waals surface area (Å²) in [5.74, 6) is 1.44. The van der Waals surface area contributed by atoms with E-state index in [4.69, 9.17) is 9.98 Å². The van der Waals surface area contributed by atoms with Gasteiger partial charge in [-0.2, -0.15) is 4.99 Å². The molecule has 6 aromatic carbocycles. The topological polar surface area (TPSA) is 46.6 Å². The molecule has 1 aliphatic rings. The van der Waals surface area contributed by atoms with Crippen LogP contribution in [0.3, 0.4) is 0 Å². The molecule has 0 fully saturated rings. The number of nitrogens with zero attached hydrogens (tertiary/aromatic N) is 4. The summed E-state index contributed by atoms with van der Waals surface area (Å²) in [7, 11) is 0. The normalized spacial score (nSPS) is 15.5. The van der Waals surface area contributed by atoms with Gasteiger partial charge in [0.1, 0.15) is 12.0 Å². The minimum atomic E-state index is -0.318. The summed E-state index contributed by atoms with van der Waals surface area (Å²) in [6.07, 6.45) is 6.18. The number of allylic oxidation sites excluding steroid dienone is 4. The predicted octanol–water partition coefficient (Wildman–Crippen LogP) is 10.4. The van der Waals surface area contributed by atoms with Gasteiger partial charge >= 0.3 is 0 Å². The van der Waals surface area contributed by atoms with Crippen molar-refractivity contribution in [3.05, 3.63) is 163 Å². The van der Waals surface area contributed by atoms with Crippen LogP contribution in [0.1, 0.15) is 31.1 Å². The van der Waals surface area contributed by atoms with Gasteiger partial charge in [-0.3, -0.25) is 4.57 Å². The maximum atomic E-state index is 5.39. The van der Waals surface area contributed by atoms with Crippen LogP contribution in [0, 0.1) is 0 Å². The van der Waals surface area contributed by atoms with E-state index in [0.717, 1.165) is 44.7 Å². The lowest BCUT2D eigenvalue weighted by Crippen LogP contribution is -2.35. The zero-order valence-electron chi connectivity index (χ0n) is 26.8. The molecule has 0 aliphatic carbocycles. The number of benzene rings is 6. The largest absolute Gasteiger partial charge is 0.344 e. The number of amidine groups is 1. The summed E-state index contributed by atoms with van der Waals surface area (Å²) in [6, 6.07) is 47.0. The fourth-order valence-corrected chi connectivity index (χ4v) is 7.42. The Labute approximate surface area is 278 Å². The molecule has 1 aliphatic heterocycles. The molecule has 3 heterocycles. The SMILES string of the molecule is C/C=C\C(=C/C)n1c2ccccc2c2c3ccccc3c3c4ccccc4n(C4=NC(c5ccccc5)NC(c5ccccc5)=N4)c3c21. The van der Waals surface area contributed by atoms with Gasteiger partial charge in [-0.1, -0.05) is 133 Å². The Morgan fingerprint density at radius 3 is 1.85 bits per heavy atom. The van der Waals surface area contributed by atoms with Crippen molar-refractivity contribution in [2.24, 2.45) is 9.98 Å². The van der Waals surface area contributed by atoms with Crippen molar-refractivity contribution < 1.29 is 0 Å². The number of hydrogen-bond acceptors (Lipinski definition) is 3. The van der Waals surface area contributed by atoms with E-state index < -0.39 is 0 Å². The second-order valence-corrected chi connectivity index (χ2v) is 12.1. The van der Waals surface area contributed by atoms with Gasteiger partial charge in [-0.25, -0.2) is 4.99 Å². The highest BCUT2D eigenvalue weighted by Crippen LogP contribution is 2.46. The molecule has 48 heavy (non-hydrogen) atoms. The van der Waals surface area contributed by atoms with Crippen LogP contribution in [-0.4, -0.2) is 20.9 Å². The first-order valence-corrected chi connectivity index (χ1v) is 16.5. The van der Waals surface area contributed by atoms with Crippen LogP contribution in [0.15, 0.2) is 162 Å². The zero-order valence-corrected chi connectivity index (χ0v) is 26.8. The van der Waals surface area contributed by atoms with Crippen LogP contribution in [0.2, 0.25) is 0 Å². The van der Waals surface area contributed by atoms with Crippen molar-refractivity contribution in [3.8, 4) is 0 Å². The van der Waals surface area contributed by atoms with Gasteiger partial charge < -0.3 is 9.88 Å². The second kappa shape index (κ2) is 11.2. The standard InChI is InChI=1S/C43H33N5/c1-3-17-30(4-2)47-35-26-15-13-24-33(35)37-31-22-11-12-23-32(31)38-34-25-14-16-27-36(34)48(40(38)39(37)47)43-45-41(28-18-7-5-8-19-28)44-42(46-43)29-20-9-6-10-21-29/h3-27,41H,1-2H3,(H,44,45,46)/b17-3-,30-4+. The quantitative estimate of drug-likeness (QED) is 0.196. The van der Waals surface area contributed by atoms with E-state index in [1.54, 1.807) is 0 Å². The van der Waals surface area contributed by atoms with Crippen molar-refractivity contribution in [2.45, 2.75) is 20.0 Å². The van der Waals surface area contributed by atoms with Gasteiger partial charge in [0.25, 0.3) is 0 Å². The van der Waals surface area contributed by atoms with Crippen molar-refractivity contribution in [2.75, 3.05) is 0 Å². The van der Waals surface area contributed by atoms with Gasteiger partial charge in [-0.05, 0) is 48.4 Å². The van der Waals surface area contributed by atoms with Gasteiger partial charge in [-0.15, -0.1) is 0 Å². The Hall–Kier alpha value is -6.20. The number of hydrogen-bond donors (Lipinski definition) is 1. The molecule has 0 bridgehead atoms. The predicted molar refractivity (Wildman–Crippen MR) is 203 cm³/mol. The van der Waals surface area contributed by atoms with E-state index in [1.165, 1.54) is 32.3 Å². The Morgan fingerprint density at radius 2 is 1.19 bits per heavy atom. The molecule has 0 radical (unpaired) electrons. The highest BCUT2D eigenvalue weighted by Gasteiger charge is 2.28. The molecule has 230 valence electrons. The maximum Gasteiger partial charge on any atom is 0.234 e. The average Bonchev–Trinajstić information content (AvgIpc) is 3.68. The molecular formula is C43H33N5. The molecule has 0 saturated carbocycles. The molecular weight excluding hydrogens is 587 g/mol. The molecule has 1 unspecified atom stereocenters. The third-order valence-corrected chi connectivity index (χ3v) is 9.42. The maximum absolute atomic E-state index is 5.39. The highest BCUT2D eigenvalue weighted by atomic mass is 15.3. The lowest BCUT2D eigenvalue weighted by molar-refractivity contribution is 0.668. The smallest absolute Gasteiger partial charge is 0.234 e. The van der Waals surface area contributed by atoms with E-state index in [-0.39, 0.29) is 6.17 Å². The molecule has 0 spiro atoms. The van der Waals surface area contributed by atoms with E-state index in [9.17, 15) is 0 Å². The first-order valence-electron chi connectivity index (χ1n) is 16.5. The molecule has 1 N–H and O–H groups in total. The van der Waals surface area contributed by atoms with Crippen LogP contribution >= 0.6 is 0 Å². The minimum absolute atomic E-state index is 0.318. The van der Waals surface area contributed by atoms with Crippen molar-refractivity contribution >= 4 is 71.9 Å². The number of aliphatic imine (C=N–C) groups is 2. The number of fused-ring (bicyclic) bond motifs is 10. The van der Waals surface area contributed by atoms with Gasteiger partial charge in [0.05, 0.1) is 22.1 Å². The lowest BCUT2D eigenvalue weighted by atomic mass is 9.98. The molecule has 2 aromatic heterocycles. The average molecular weight is 620 g/mol. The van der Waals surface area contributed by atoms with Gasteiger partial charge in [0.2, 0.25) is 5.96 Å². The Morgan fingerprint density at radius 1 is 0.625 bits per heavy atom. The van der Waals surface area contributed by atoms with Crippen molar-refractivity contribution in [1.29, 1.82) is 0 Å². The molecule has 0 amide bonds. The fourth-order valence-electron chi connectivity index (χ4n) is 7.42. The summed E-state index contributed by atoms with van der Waals surface area (Å²) >= 11 is 0. The number of rotatable bonds is 4. The molecule has 8 aromatic rings. The van der Waals surface area contributed by atoms with Crippen molar-refractivity contribution in [1.82, 2.24) is 14.5 Å². The van der Waals surface area contributed by atoms with Crippen molar-refractivity contribution in [3.63, 3.8) is 0 Å². The monoisotopic (exact) mass is 619 g/mol. The second-order valence-electron chi connectivity index (χ2n) is 12.1. The summed E-state index contributed by atoms with van der Waals surface area (Å²) in [5, 5.41) is 10.9. The van der Waals surface area contributed by atoms with Gasteiger partial charge in [0.15, 0.2) is 0 Å². The lowest BCUT2D eigenvalue weighted by Gasteiger charge is -2.24. The Kier molecular flexibility index (Phi) is 6.57. The number of nitrogens with one attached hydrogen (secondary N) is 1. The third kappa shape index (κ3) is 4.17. The Balaban J connectivity index is 1.51. The molecule has 5 heteroatoms. The summed E-state index contributed by atoms with van der Waals surface area (Å²) in [6.45, 7) is 4.19. The van der Waals surface area contributed by atoms with E-state index >= 15 is 0 Å². The van der Waals surface area contributed by atoms with Crippen LogP contribution in [0.4, 0.5) is 0 Å². The summed E-state index contributed by atoms with van der Waals surface area (Å²) in [5.41, 5.74) is 7.66. The molecule has 5 nitrogen and oxygen atoms in total. The van der Waals surface area contributed by atoms with Crippen LogP contribution in [0.25, 0.3) is 60.1 Å². The van der Waals surface area contributed by atoms with Crippen LogP contribution < -0.4 is 5.32 Å². The summed E-state index contributed by atoms with van der Waals surface area (Å²) < 4.78 is 4.73. The van der Waals surface area contributed by atoms with Crippen LogP contribution in [-0.2, 0) is 0 Å². The Bertz CT molecular complexity index is 2650. The summed E-state index contributed by atoms with van der Waals surface area (Å²) in [4.78, 5) is 10.7. The third-order valence-electron chi connectivity index (χ3n) is 9.42. The van der Waals surface area contributed by atoms with Crippen LogP contribution in [0.5, 0.6) is 0 Å². The zero-order chi connectivity index (χ0) is 32.2. The first kappa shape index (κ1) is 28.1. The van der Waals surface area contributed by atoms with E-state index in [0.29, 0.717) is 5.96 Å². The van der Waals surface area contributed by atoms with E-state index in [2.05, 4.69) is 168 Å². The fraction of sp³-hybridized carbons (Fsp3) is 0.0698. The highest BCUT2D eigenvalue weighted by molar-refractivity contribution is 6.37. The molecule has 0 saturated heterocycles. The molecule has 1 atom stereocenters. The van der Waals surface area contributed by atoms with E-state index in [1.807, 2.05) is 12.1 Å². The number of aromatic nitrogens is 2. The first-order chi connectivity index (χ1) is 23.8. The molecule has 9 rings (SSSR count). The number of para-hydroxylation sites is 2. The van der Waals surface area contributed by atoms with Gasteiger partial charge in [0, 0.05) is 32.8 Å².